The van der Waals surface area contributed by atoms with E-state index < -0.39 is 0 Å². The molecule has 1 fully saturated rings. The fraction of sp³-hybridized carbons (Fsp3) is 0.579. The summed E-state index contributed by atoms with van der Waals surface area (Å²) in [6.07, 6.45) is 1.26. The number of nitrogens with zero attached hydrogens (tertiary/aromatic N) is 1. The first-order valence-electron chi connectivity index (χ1n) is 9.20. The highest BCUT2D eigenvalue weighted by atomic mass is 16.6. The molecule has 7 heteroatoms. The van der Waals surface area contributed by atoms with Crippen molar-refractivity contribution in [2.75, 3.05) is 31.6 Å². The van der Waals surface area contributed by atoms with Gasteiger partial charge in [-0.1, -0.05) is 12.1 Å². The molecular formula is C19H29N3O4. The van der Waals surface area contributed by atoms with E-state index in [0.29, 0.717) is 19.7 Å². The minimum absolute atomic E-state index is 0.0661. The highest BCUT2D eigenvalue weighted by Crippen LogP contribution is 2.24. The van der Waals surface area contributed by atoms with Gasteiger partial charge in [-0.2, -0.15) is 0 Å². The molecular weight excluding hydrogens is 334 g/mol. The molecule has 2 amide bonds. The van der Waals surface area contributed by atoms with Gasteiger partial charge in [-0.3, -0.25) is 4.79 Å². The van der Waals surface area contributed by atoms with Gasteiger partial charge in [0.25, 0.3) is 0 Å². The van der Waals surface area contributed by atoms with Crippen LogP contribution in [0.4, 0.5) is 10.5 Å². The van der Waals surface area contributed by atoms with Gasteiger partial charge in [0.1, 0.15) is 5.75 Å². The van der Waals surface area contributed by atoms with E-state index in [1.54, 1.807) is 11.8 Å². The Hall–Kier alpha value is -2.44. The van der Waals surface area contributed by atoms with Crippen molar-refractivity contribution in [2.45, 2.75) is 45.8 Å². The summed E-state index contributed by atoms with van der Waals surface area (Å²) < 4.78 is 10.7. The van der Waals surface area contributed by atoms with Crippen LogP contribution in [0.25, 0.3) is 0 Å². The van der Waals surface area contributed by atoms with E-state index in [9.17, 15) is 9.59 Å². The molecule has 1 aromatic rings. The second kappa shape index (κ2) is 9.89. The van der Waals surface area contributed by atoms with Gasteiger partial charge in [0.05, 0.1) is 24.9 Å². The average Bonchev–Trinajstić information content (AvgIpc) is 2.61. The third-order valence-electron chi connectivity index (χ3n) is 4.08. The van der Waals surface area contributed by atoms with Crippen LogP contribution in [0.15, 0.2) is 24.3 Å². The van der Waals surface area contributed by atoms with Crippen molar-refractivity contribution >= 4 is 17.7 Å². The van der Waals surface area contributed by atoms with Gasteiger partial charge in [-0.15, -0.1) is 0 Å². The van der Waals surface area contributed by atoms with Gasteiger partial charge in [-0.05, 0) is 45.7 Å². The summed E-state index contributed by atoms with van der Waals surface area (Å²) >= 11 is 0. The second-order valence-electron chi connectivity index (χ2n) is 6.54. The second-order valence-corrected chi connectivity index (χ2v) is 6.54. The Labute approximate surface area is 155 Å². The predicted molar refractivity (Wildman–Crippen MR) is 100 cm³/mol. The summed E-state index contributed by atoms with van der Waals surface area (Å²) in [4.78, 5) is 25.6. The number of ether oxygens (including phenoxy) is 2. The molecule has 0 atom stereocenters. The lowest BCUT2D eigenvalue weighted by molar-refractivity contribution is -0.120. The topological polar surface area (TPSA) is 79.9 Å². The Morgan fingerprint density at radius 1 is 1.23 bits per heavy atom. The van der Waals surface area contributed by atoms with Crippen molar-refractivity contribution in [3.05, 3.63) is 24.3 Å². The van der Waals surface area contributed by atoms with Crippen LogP contribution in [-0.2, 0) is 9.53 Å². The minimum Gasteiger partial charge on any atom is -0.489 e. The molecule has 0 spiro atoms. The molecule has 1 aromatic carbocycles. The maximum absolute atomic E-state index is 12.2. The molecule has 2 N–H and O–H groups in total. The molecule has 26 heavy (non-hydrogen) atoms. The average molecular weight is 363 g/mol. The monoisotopic (exact) mass is 363 g/mol. The lowest BCUT2D eigenvalue weighted by atomic mass is 10.1. The third-order valence-corrected chi connectivity index (χ3v) is 4.08. The van der Waals surface area contributed by atoms with Crippen molar-refractivity contribution in [1.29, 1.82) is 0 Å². The molecule has 1 aliphatic rings. The Balaban J connectivity index is 1.76. The number of amides is 2. The maximum atomic E-state index is 12.2. The molecule has 0 aromatic heterocycles. The smallest absolute Gasteiger partial charge is 0.409 e. The number of carbonyl (C=O) groups excluding carboxylic acids is 2. The minimum atomic E-state index is -0.277. The molecule has 0 saturated carbocycles. The number of para-hydroxylation sites is 2. The molecule has 7 nitrogen and oxygen atoms in total. The van der Waals surface area contributed by atoms with E-state index in [2.05, 4.69) is 10.6 Å². The van der Waals surface area contributed by atoms with E-state index in [0.717, 1.165) is 24.3 Å². The number of anilines is 1. The highest BCUT2D eigenvalue weighted by molar-refractivity contribution is 5.81. The largest absolute Gasteiger partial charge is 0.489 e. The van der Waals surface area contributed by atoms with Crippen LogP contribution >= 0.6 is 0 Å². The number of likely N-dealkylation sites (tertiary alicyclic amines) is 1. The maximum Gasteiger partial charge on any atom is 0.409 e. The number of carbonyl (C=O) groups is 2. The van der Waals surface area contributed by atoms with Gasteiger partial charge in [0.2, 0.25) is 5.91 Å². The SMILES string of the molecule is CCOC(=O)N1CCC(NC(=O)CNc2ccccc2OC(C)C)CC1. The fourth-order valence-electron chi connectivity index (χ4n) is 2.84. The summed E-state index contributed by atoms with van der Waals surface area (Å²) in [5.41, 5.74) is 0.800. The molecule has 1 saturated heterocycles. The highest BCUT2D eigenvalue weighted by Gasteiger charge is 2.24. The Morgan fingerprint density at radius 3 is 2.58 bits per heavy atom. The number of piperidine rings is 1. The zero-order chi connectivity index (χ0) is 18.9. The molecule has 0 radical (unpaired) electrons. The van der Waals surface area contributed by atoms with Crippen LogP contribution in [0.5, 0.6) is 5.75 Å². The quantitative estimate of drug-likeness (QED) is 0.778. The van der Waals surface area contributed by atoms with Crippen LogP contribution in [0.3, 0.4) is 0 Å². The van der Waals surface area contributed by atoms with Crippen molar-refractivity contribution in [2.24, 2.45) is 0 Å². The van der Waals surface area contributed by atoms with Crippen molar-refractivity contribution in [3.8, 4) is 5.75 Å². The number of rotatable bonds is 7. The molecule has 1 heterocycles. The third kappa shape index (κ3) is 6.13. The van der Waals surface area contributed by atoms with E-state index in [-0.39, 0.29) is 30.7 Å². The molecule has 0 unspecified atom stereocenters. The molecule has 0 aliphatic carbocycles. The van der Waals surface area contributed by atoms with Crippen LogP contribution < -0.4 is 15.4 Å². The number of nitrogens with one attached hydrogen (secondary N) is 2. The molecule has 0 bridgehead atoms. The lowest BCUT2D eigenvalue weighted by Gasteiger charge is -2.31. The van der Waals surface area contributed by atoms with E-state index in [1.807, 2.05) is 38.1 Å². The van der Waals surface area contributed by atoms with Gasteiger partial charge >= 0.3 is 6.09 Å². The van der Waals surface area contributed by atoms with E-state index in [1.165, 1.54) is 0 Å². The van der Waals surface area contributed by atoms with E-state index in [4.69, 9.17) is 9.47 Å². The van der Waals surface area contributed by atoms with Gasteiger partial charge in [0.15, 0.2) is 0 Å². The predicted octanol–water partition coefficient (Wildman–Crippen LogP) is 2.62. The standard InChI is InChI=1S/C19H29N3O4/c1-4-25-19(24)22-11-9-15(10-12-22)21-18(23)13-20-16-7-5-6-8-17(16)26-14(2)3/h5-8,14-15,20H,4,9-13H2,1-3H3,(H,21,23). The molecule has 144 valence electrons. The van der Waals surface area contributed by atoms with E-state index >= 15 is 0 Å². The summed E-state index contributed by atoms with van der Waals surface area (Å²) in [6.45, 7) is 7.48. The van der Waals surface area contributed by atoms with Gasteiger partial charge in [0, 0.05) is 19.1 Å². The first kappa shape index (κ1) is 19.9. The van der Waals surface area contributed by atoms with Crippen molar-refractivity contribution in [3.63, 3.8) is 0 Å². The summed E-state index contributed by atoms with van der Waals surface area (Å²) in [5.74, 6) is 0.664. The summed E-state index contributed by atoms with van der Waals surface area (Å²) in [7, 11) is 0. The summed E-state index contributed by atoms with van der Waals surface area (Å²) in [5, 5.41) is 6.15. The van der Waals surface area contributed by atoms with Crippen LogP contribution in [0, 0.1) is 0 Å². The van der Waals surface area contributed by atoms with Gasteiger partial charge < -0.3 is 25.0 Å². The van der Waals surface area contributed by atoms with Crippen molar-refractivity contribution < 1.29 is 19.1 Å². The number of hydrogen-bond acceptors (Lipinski definition) is 5. The zero-order valence-corrected chi connectivity index (χ0v) is 15.8. The normalized spacial score (nSPS) is 14.8. The Morgan fingerprint density at radius 2 is 1.92 bits per heavy atom. The Kier molecular flexibility index (Phi) is 7.56. The lowest BCUT2D eigenvalue weighted by Crippen LogP contribution is -2.47. The summed E-state index contributed by atoms with van der Waals surface area (Å²) in [6, 6.07) is 7.66. The Bertz CT molecular complexity index is 598. The zero-order valence-electron chi connectivity index (χ0n) is 15.8. The molecule has 1 aliphatic heterocycles. The number of hydrogen-bond donors (Lipinski definition) is 2. The van der Waals surface area contributed by atoms with Crippen LogP contribution in [0.1, 0.15) is 33.6 Å². The van der Waals surface area contributed by atoms with Gasteiger partial charge in [-0.25, -0.2) is 4.79 Å². The first-order valence-corrected chi connectivity index (χ1v) is 9.20. The number of benzene rings is 1. The van der Waals surface area contributed by atoms with Crippen LogP contribution in [-0.4, -0.2) is 55.3 Å². The molecule has 2 rings (SSSR count). The van der Waals surface area contributed by atoms with Crippen molar-refractivity contribution in [1.82, 2.24) is 10.2 Å². The van der Waals surface area contributed by atoms with Crippen LogP contribution in [0.2, 0.25) is 0 Å². The fourth-order valence-corrected chi connectivity index (χ4v) is 2.84. The first-order chi connectivity index (χ1) is 12.5.